The second kappa shape index (κ2) is 12.6. The Hall–Kier alpha value is -3.73. The Labute approximate surface area is 247 Å². The van der Waals surface area contributed by atoms with Crippen molar-refractivity contribution in [3.05, 3.63) is 71.8 Å². The van der Waals surface area contributed by atoms with E-state index in [-0.39, 0.29) is 23.9 Å². The summed E-state index contributed by atoms with van der Waals surface area (Å²) in [5, 5.41) is 9.15. The lowest BCUT2D eigenvalue weighted by Gasteiger charge is -2.21. The van der Waals surface area contributed by atoms with Gasteiger partial charge in [0.05, 0.1) is 20.8 Å². The summed E-state index contributed by atoms with van der Waals surface area (Å²) < 4.78 is 21.7. The minimum atomic E-state index is -0.497. The Balaban J connectivity index is 1.12. The van der Waals surface area contributed by atoms with Crippen LogP contribution in [0.5, 0.6) is 11.5 Å². The Kier molecular flexibility index (Phi) is 8.55. The minimum Gasteiger partial charge on any atom is -0.453 e. The van der Waals surface area contributed by atoms with Crippen LogP contribution in [-0.4, -0.2) is 69.4 Å². The van der Waals surface area contributed by atoms with Gasteiger partial charge in [0.2, 0.25) is 5.91 Å². The number of thiophene rings is 1. The number of benzene rings is 1. The first kappa shape index (κ1) is 28.4. The van der Waals surface area contributed by atoms with Crippen LogP contribution >= 0.6 is 11.3 Å². The largest absolute Gasteiger partial charge is 0.453 e. The maximum Gasteiger partial charge on any atom is 0.248 e. The summed E-state index contributed by atoms with van der Waals surface area (Å²) in [7, 11) is 0. The van der Waals surface area contributed by atoms with Crippen LogP contribution in [0.25, 0.3) is 20.8 Å². The summed E-state index contributed by atoms with van der Waals surface area (Å²) in [6.07, 6.45) is 7.45. The van der Waals surface area contributed by atoms with Crippen molar-refractivity contribution in [2.75, 3.05) is 32.8 Å². The average molecular weight is 589 g/mol. The number of pyridine rings is 2. The van der Waals surface area contributed by atoms with E-state index in [0.717, 1.165) is 65.2 Å². The van der Waals surface area contributed by atoms with Gasteiger partial charge in [-0.25, -0.2) is 4.39 Å². The van der Waals surface area contributed by atoms with E-state index < -0.39 is 12.4 Å². The Morgan fingerprint density at radius 1 is 1.00 bits per heavy atom. The smallest absolute Gasteiger partial charge is 0.248 e. The normalized spacial score (nSPS) is 16.0. The van der Waals surface area contributed by atoms with E-state index in [4.69, 9.17) is 14.8 Å². The van der Waals surface area contributed by atoms with E-state index in [0.29, 0.717) is 36.7 Å². The molecule has 1 saturated heterocycles. The number of carbonyl (C=O) groups is 2. The topological polar surface area (TPSA) is 95.9 Å². The highest BCUT2D eigenvalue weighted by Gasteiger charge is 2.24. The number of carbonyl (C=O) groups excluding carboxylic acids is 2. The first-order valence-electron chi connectivity index (χ1n) is 14.4. The molecular formula is C32H33FN4O4S. The molecule has 8 nitrogen and oxygen atoms in total. The predicted molar refractivity (Wildman–Crippen MR) is 159 cm³/mol. The van der Waals surface area contributed by atoms with Gasteiger partial charge in [0.15, 0.2) is 11.6 Å². The Morgan fingerprint density at radius 3 is 2.62 bits per heavy atom. The molecule has 218 valence electrons. The summed E-state index contributed by atoms with van der Waals surface area (Å²) in [5.74, 6) is 0.577. The molecule has 1 saturated carbocycles. The van der Waals surface area contributed by atoms with Crippen LogP contribution in [0.1, 0.15) is 36.8 Å². The van der Waals surface area contributed by atoms with Gasteiger partial charge in [-0.3, -0.25) is 24.5 Å². The van der Waals surface area contributed by atoms with Crippen LogP contribution in [-0.2, 0) is 22.6 Å². The fourth-order valence-corrected chi connectivity index (χ4v) is 6.36. The van der Waals surface area contributed by atoms with Gasteiger partial charge in [-0.05, 0) is 60.6 Å². The zero-order valence-electron chi connectivity index (χ0n) is 23.3. The molecule has 1 aliphatic heterocycles. The number of Topliss-reactive ketones (excluding diaryl/α,β-unsaturated/α-hetero) is 1. The fraction of sp³-hybridized carbons (Fsp3) is 0.375. The zero-order chi connectivity index (χ0) is 29.1. The number of halogens is 1. The maximum absolute atomic E-state index is 14.9. The molecule has 4 aromatic rings. The van der Waals surface area contributed by atoms with Gasteiger partial charge < -0.3 is 14.7 Å². The molecule has 42 heavy (non-hydrogen) atoms. The third-order valence-corrected chi connectivity index (χ3v) is 8.93. The van der Waals surface area contributed by atoms with Gasteiger partial charge >= 0.3 is 0 Å². The zero-order valence-corrected chi connectivity index (χ0v) is 24.1. The summed E-state index contributed by atoms with van der Waals surface area (Å²) in [6, 6.07) is 12.5. The monoisotopic (exact) mass is 588 g/mol. The number of amides is 1. The van der Waals surface area contributed by atoms with E-state index in [1.807, 2.05) is 18.3 Å². The van der Waals surface area contributed by atoms with Crippen molar-refractivity contribution in [3.8, 4) is 22.1 Å². The molecule has 6 rings (SSSR count). The van der Waals surface area contributed by atoms with E-state index in [1.165, 1.54) is 17.4 Å². The van der Waals surface area contributed by atoms with Crippen molar-refractivity contribution in [3.63, 3.8) is 0 Å². The predicted octanol–water partition coefficient (Wildman–Crippen LogP) is 5.23. The van der Waals surface area contributed by atoms with Gasteiger partial charge in [0, 0.05) is 64.0 Å². The number of hydrogen-bond donors (Lipinski definition) is 1. The second-order valence-corrected chi connectivity index (χ2v) is 12.1. The number of rotatable bonds is 10. The SMILES string of the molecule is O=C(Cc1ccc(Oc2ccnc3cc(-c4ccc(CN5CCCN(C(=O)CO)CC5)cn4)sc23)c(F)c1)CC1CC1. The van der Waals surface area contributed by atoms with E-state index >= 15 is 0 Å². The molecule has 3 aromatic heterocycles. The Morgan fingerprint density at radius 2 is 1.86 bits per heavy atom. The summed E-state index contributed by atoms with van der Waals surface area (Å²) in [4.78, 5) is 38.1. The first-order valence-corrected chi connectivity index (χ1v) is 15.2. The number of aliphatic hydroxyl groups is 1. The molecule has 0 spiro atoms. The lowest BCUT2D eigenvalue weighted by molar-refractivity contribution is -0.134. The van der Waals surface area contributed by atoms with Crippen LogP contribution in [0.2, 0.25) is 0 Å². The van der Waals surface area contributed by atoms with Gasteiger partial charge in [0.25, 0.3) is 0 Å². The standard InChI is InChI=1S/C32H33FN4O4S/c33-25-16-22(15-24(39)14-21-2-3-21)5-7-28(25)41-29-8-9-34-27-17-30(42-32(27)29)26-6-4-23(18-35-26)19-36-10-1-11-37(13-12-36)31(40)20-38/h4-9,16-18,21,38H,1-3,10-15,19-20H2. The molecule has 1 N–H and O–H groups in total. The Bertz CT molecular complexity index is 1590. The molecule has 1 aliphatic carbocycles. The van der Waals surface area contributed by atoms with Crippen LogP contribution < -0.4 is 4.74 Å². The number of fused-ring (bicyclic) bond motifs is 1. The number of aromatic nitrogens is 2. The van der Waals surface area contributed by atoms with Crippen LogP contribution in [0, 0.1) is 11.7 Å². The maximum atomic E-state index is 14.9. The van der Waals surface area contributed by atoms with Gasteiger partial charge in [0.1, 0.15) is 18.1 Å². The molecule has 0 atom stereocenters. The number of ether oxygens (including phenoxy) is 1. The van der Waals surface area contributed by atoms with Gasteiger partial charge in [-0.15, -0.1) is 11.3 Å². The first-order chi connectivity index (χ1) is 20.4. The van der Waals surface area contributed by atoms with Crippen molar-refractivity contribution in [2.24, 2.45) is 5.92 Å². The number of ketones is 1. The summed E-state index contributed by atoms with van der Waals surface area (Å²) >= 11 is 1.49. The van der Waals surface area contributed by atoms with E-state index in [1.54, 1.807) is 29.3 Å². The van der Waals surface area contributed by atoms with Gasteiger partial charge in [-0.2, -0.15) is 0 Å². The minimum absolute atomic E-state index is 0.107. The molecule has 2 fully saturated rings. The lowest BCUT2D eigenvalue weighted by atomic mass is 10.0. The highest BCUT2D eigenvalue weighted by Crippen LogP contribution is 2.39. The van der Waals surface area contributed by atoms with Gasteiger partial charge in [-0.1, -0.05) is 12.1 Å². The van der Waals surface area contributed by atoms with Crippen molar-refractivity contribution in [1.82, 2.24) is 19.8 Å². The van der Waals surface area contributed by atoms with Crippen molar-refractivity contribution < 1.29 is 23.8 Å². The molecule has 0 radical (unpaired) electrons. The third kappa shape index (κ3) is 6.83. The molecule has 0 bridgehead atoms. The number of nitrogens with zero attached hydrogens (tertiary/aromatic N) is 4. The quantitative estimate of drug-likeness (QED) is 0.271. The van der Waals surface area contributed by atoms with Crippen molar-refractivity contribution in [2.45, 2.75) is 38.6 Å². The molecular weight excluding hydrogens is 555 g/mol. The average Bonchev–Trinajstić information content (AvgIpc) is 3.74. The fourth-order valence-electron chi connectivity index (χ4n) is 5.32. The van der Waals surface area contributed by atoms with Crippen molar-refractivity contribution in [1.29, 1.82) is 0 Å². The van der Waals surface area contributed by atoms with Crippen LogP contribution in [0.15, 0.2) is 54.9 Å². The molecule has 1 aromatic carbocycles. The number of aliphatic hydroxyl groups excluding tert-OH is 1. The highest BCUT2D eigenvalue weighted by molar-refractivity contribution is 7.22. The van der Waals surface area contributed by atoms with E-state index in [9.17, 15) is 14.0 Å². The number of hydrogen-bond acceptors (Lipinski definition) is 8. The van der Waals surface area contributed by atoms with E-state index in [2.05, 4.69) is 16.0 Å². The van der Waals surface area contributed by atoms with Crippen molar-refractivity contribution >= 4 is 33.2 Å². The molecule has 1 amide bonds. The highest BCUT2D eigenvalue weighted by atomic mass is 32.1. The summed E-state index contributed by atoms with van der Waals surface area (Å²) in [5.41, 5.74) is 3.30. The molecule has 10 heteroatoms. The molecule has 2 aliphatic rings. The molecule has 4 heterocycles. The van der Waals surface area contributed by atoms with Crippen LogP contribution in [0.4, 0.5) is 4.39 Å². The second-order valence-electron chi connectivity index (χ2n) is 11.1. The van der Waals surface area contributed by atoms with Crippen LogP contribution in [0.3, 0.4) is 0 Å². The third-order valence-electron chi connectivity index (χ3n) is 7.77. The summed E-state index contributed by atoms with van der Waals surface area (Å²) in [6.45, 7) is 3.19. The lowest BCUT2D eigenvalue weighted by Crippen LogP contribution is -2.36. The molecule has 0 unspecified atom stereocenters.